The molecule has 2 aromatic carbocycles. The van der Waals surface area contributed by atoms with Crippen LogP contribution in [0.4, 0.5) is 11.4 Å². The summed E-state index contributed by atoms with van der Waals surface area (Å²) in [6.45, 7) is 2.14. The molecular formula is C15H18N2O. The van der Waals surface area contributed by atoms with E-state index in [0.717, 1.165) is 41.3 Å². The number of anilines is 2. The van der Waals surface area contributed by atoms with E-state index in [1.54, 1.807) is 0 Å². The van der Waals surface area contributed by atoms with Crippen molar-refractivity contribution in [3.63, 3.8) is 0 Å². The van der Waals surface area contributed by atoms with Gasteiger partial charge in [-0.25, -0.2) is 0 Å². The van der Waals surface area contributed by atoms with Gasteiger partial charge in [-0.15, -0.1) is 0 Å². The van der Waals surface area contributed by atoms with Crippen molar-refractivity contribution >= 4 is 11.4 Å². The number of ether oxygens (including phenoxy) is 1. The normalized spacial score (nSPS) is 10.3. The molecule has 0 radical (unpaired) electrons. The van der Waals surface area contributed by atoms with Crippen LogP contribution in [-0.2, 0) is 6.42 Å². The minimum absolute atomic E-state index is 0.730. The number of nitrogen functional groups attached to an aromatic ring is 2. The maximum absolute atomic E-state index is 5.86. The lowest BCUT2D eigenvalue weighted by Gasteiger charge is -2.11. The molecule has 0 bridgehead atoms. The van der Waals surface area contributed by atoms with Crippen LogP contribution in [0.25, 0.3) is 0 Å². The molecule has 0 aliphatic carbocycles. The molecule has 2 rings (SSSR count). The van der Waals surface area contributed by atoms with Gasteiger partial charge < -0.3 is 16.2 Å². The van der Waals surface area contributed by atoms with Gasteiger partial charge in [0, 0.05) is 11.4 Å². The first-order chi connectivity index (χ1) is 8.69. The molecule has 0 spiro atoms. The van der Waals surface area contributed by atoms with Crippen LogP contribution >= 0.6 is 0 Å². The van der Waals surface area contributed by atoms with Crippen molar-refractivity contribution in [1.82, 2.24) is 0 Å². The molecule has 3 heteroatoms. The third kappa shape index (κ3) is 2.94. The zero-order chi connectivity index (χ0) is 13.0. The minimum Gasteiger partial charge on any atom is -0.457 e. The van der Waals surface area contributed by atoms with Gasteiger partial charge in [-0.05, 0) is 54.4 Å². The lowest BCUT2D eigenvalue weighted by atomic mass is 10.1. The van der Waals surface area contributed by atoms with Crippen molar-refractivity contribution in [3.8, 4) is 11.5 Å². The van der Waals surface area contributed by atoms with Crippen molar-refractivity contribution in [1.29, 1.82) is 0 Å². The first-order valence-corrected chi connectivity index (χ1v) is 6.11. The van der Waals surface area contributed by atoms with E-state index in [9.17, 15) is 0 Å². The second-order valence-electron chi connectivity index (χ2n) is 4.29. The van der Waals surface area contributed by atoms with E-state index in [1.165, 1.54) is 0 Å². The molecule has 0 atom stereocenters. The summed E-state index contributed by atoms with van der Waals surface area (Å²) in [6.07, 6.45) is 2.01. The Morgan fingerprint density at radius 1 is 0.944 bits per heavy atom. The Balaban J connectivity index is 2.25. The molecule has 94 valence electrons. The molecule has 0 saturated carbocycles. The highest BCUT2D eigenvalue weighted by Gasteiger charge is 2.05. The topological polar surface area (TPSA) is 61.3 Å². The Labute approximate surface area is 107 Å². The molecule has 2 aromatic rings. The Morgan fingerprint density at radius 2 is 1.61 bits per heavy atom. The summed E-state index contributed by atoms with van der Waals surface area (Å²) < 4.78 is 5.86. The summed E-state index contributed by atoms with van der Waals surface area (Å²) in [6, 6.07) is 13.1. The van der Waals surface area contributed by atoms with Crippen LogP contribution in [0.3, 0.4) is 0 Å². The molecule has 18 heavy (non-hydrogen) atoms. The molecule has 0 amide bonds. The summed E-state index contributed by atoms with van der Waals surface area (Å²) in [5.41, 5.74) is 14.1. The molecule has 0 heterocycles. The van der Waals surface area contributed by atoms with E-state index in [0.29, 0.717) is 0 Å². The van der Waals surface area contributed by atoms with Gasteiger partial charge in [-0.2, -0.15) is 0 Å². The fourth-order valence-electron chi connectivity index (χ4n) is 1.83. The molecule has 0 saturated heterocycles. The average molecular weight is 242 g/mol. The highest BCUT2D eigenvalue weighted by Crippen LogP contribution is 2.28. The molecule has 0 fully saturated rings. The lowest BCUT2D eigenvalue weighted by molar-refractivity contribution is 0.476. The number of aryl methyl sites for hydroxylation is 1. The minimum atomic E-state index is 0.730. The number of hydrogen-bond acceptors (Lipinski definition) is 3. The van der Waals surface area contributed by atoms with E-state index < -0.39 is 0 Å². The van der Waals surface area contributed by atoms with Crippen LogP contribution in [0.1, 0.15) is 18.9 Å². The van der Waals surface area contributed by atoms with E-state index in [1.807, 2.05) is 42.5 Å². The van der Waals surface area contributed by atoms with Gasteiger partial charge in [-0.3, -0.25) is 0 Å². The molecule has 0 aliphatic rings. The second-order valence-corrected chi connectivity index (χ2v) is 4.29. The maximum Gasteiger partial charge on any atom is 0.130 e. The quantitative estimate of drug-likeness (QED) is 0.805. The SMILES string of the molecule is CCCc1cc(N)ccc1Oc1ccc(N)cc1. The Bertz CT molecular complexity index is 521. The zero-order valence-electron chi connectivity index (χ0n) is 10.5. The Morgan fingerprint density at radius 3 is 2.28 bits per heavy atom. The molecule has 0 aliphatic heterocycles. The van der Waals surface area contributed by atoms with Crippen LogP contribution in [0, 0.1) is 0 Å². The van der Waals surface area contributed by atoms with E-state index in [-0.39, 0.29) is 0 Å². The van der Waals surface area contributed by atoms with Crippen molar-refractivity contribution < 1.29 is 4.74 Å². The van der Waals surface area contributed by atoms with Crippen molar-refractivity contribution in [2.45, 2.75) is 19.8 Å². The first kappa shape index (κ1) is 12.3. The first-order valence-electron chi connectivity index (χ1n) is 6.11. The molecular weight excluding hydrogens is 224 g/mol. The number of nitrogens with two attached hydrogens (primary N) is 2. The number of hydrogen-bond donors (Lipinski definition) is 2. The Hall–Kier alpha value is -2.16. The van der Waals surface area contributed by atoms with Gasteiger partial charge in [0.25, 0.3) is 0 Å². The Kier molecular flexibility index (Phi) is 3.72. The summed E-state index contributed by atoms with van der Waals surface area (Å²) in [4.78, 5) is 0. The number of rotatable bonds is 4. The van der Waals surface area contributed by atoms with E-state index >= 15 is 0 Å². The second kappa shape index (κ2) is 5.45. The van der Waals surface area contributed by atoms with Crippen LogP contribution < -0.4 is 16.2 Å². The van der Waals surface area contributed by atoms with Gasteiger partial charge in [0.2, 0.25) is 0 Å². The van der Waals surface area contributed by atoms with E-state index in [2.05, 4.69) is 6.92 Å². The van der Waals surface area contributed by atoms with Crippen LogP contribution in [-0.4, -0.2) is 0 Å². The van der Waals surface area contributed by atoms with Gasteiger partial charge in [-0.1, -0.05) is 13.3 Å². The molecule has 0 aromatic heterocycles. The summed E-state index contributed by atoms with van der Waals surface area (Å²) in [5.74, 6) is 1.64. The van der Waals surface area contributed by atoms with Gasteiger partial charge in [0.05, 0.1) is 0 Å². The van der Waals surface area contributed by atoms with Crippen molar-refractivity contribution in [3.05, 3.63) is 48.0 Å². The predicted octanol–water partition coefficient (Wildman–Crippen LogP) is 3.60. The molecule has 0 unspecified atom stereocenters. The highest BCUT2D eigenvalue weighted by molar-refractivity contribution is 5.50. The highest BCUT2D eigenvalue weighted by atomic mass is 16.5. The summed E-state index contributed by atoms with van der Waals surface area (Å²) in [5, 5.41) is 0. The third-order valence-electron chi connectivity index (χ3n) is 2.71. The van der Waals surface area contributed by atoms with Crippen LogP contribution in [0.15, 0.2) is 42.5 Å². The largest absolute Gasteiger partial charge is 0.457 e. The van der Waals surface area contributed by atoms with Crippen molar-refractivity contribution in [2.24, 2.45) is 0 Å². The predicted molar refractivity (Wildman–Crippen MR) is 75.8 cm³/mol. The zero-order valence-corrected chi connectivity index (χ0v) is 10.5. The fourth-order valence-corrected chi connectivity index (χ4v) is 1.83. The number of benzene rings is 2. The standard InChI is InChI=1S/C15H18N2O/c1-2-3-11-10-13(17)6-9-15(11)18-14-7-4-12(16)5-8-14/h4-10H,2-3,16-17H2,1H3. The van der Waals surface area contributed by atoms with Crippen LogP contribution in [0.2, 0.25) is 0 Å². The molecule has 4 N–H and O–H groups in total. The maximum atomic E-state index is 5.86. The average Bonchev–Trinajstić information content (AvgIpc) is 2.36. The van der Waals surface area contributed by atoms with Crippen LogP contribution in [0.5, 0.6) is 11.5 Å². The lowest BCUT2D eigenvalue weighted by Crippen LogP contribution is -1.94. The van der Waals surface area contributed by atoms with Gasteiger partial charge in [0.15, 0.2) is 0 Å². The smallest absolute Gasteiger partial charge is 0.130 e. The summed E-state index contributed by atoms with van der Waals surface area (Å²) in [7, 11) is 0. The van der Waals surface area contributed by atoms with Gasteiger partial charge >= 0.3 is 0 Å². The fraction of sp³-hybridized carbons (Fsp3) is 0.200. The molecule has 3 nitrogen and oxygen atoms in total. The van der Waals surface area contributed by atoms with Crippen molar-refractivity contribution in [2.75, 3.05) is 11.5 Å². The van der Waals surface area contributed by atoms with E-state index in [4.69, 9.17) is 16.2 Å². The monoisotopic (exact) mass is 242 g/mol. The third-order valence-corrected chi connectivity index (χ3v) is 2.71. The van der Waals surface area contributed by atoms with Gasteiger partial charge in [0.1, 0.15) is 11.5 Å². The summed E-state index contributed by atoms with van der Waals surface area (Å²) >= 11 is 0.